The summed E-state index contributed by atoms with van der Waals surface area (Å²) >= 11 is 0. The van der Waals surface area contributed by atoms with Crippen molar-refractivity contribution in [2.45, 2.75) is 91.8 Å². The number of nitrogens with zero attached hydrogens (tertiary/aromatic N) is 5. The smallest absolute Gasteiger partial charge is 0.275 e. The van der Waals surface area contributed by atoms with Crippen molar-refractivity contribution in [2.24, 2.45) is 21.7 Å². The summed E-state index contributed by atoms with van der Waals surface area (Å²) in [6.07, 6.45) is 5.47. The third-order valence-electron chi connectivity index (χ3n) is 8.86. The van der Waals surface area contributed by atoms with Gasteiger partial charge in [0.2, 0.25) is 0 Å². The predicted octanol–water partition coefficient (Wildman–Crippen LogP) is 6.58. The number of H-pyrrole nitrogens is 1. The minimum atomic E-state index is -0.582. The van der Waals surface area contributed by atoms with Crippen molar-refractivity contribution in [1.29, 1.82) is 0 Å². The number of carbonyl (C=O) groups is 2. The van der Waals surface area contributed by atoms with Gasteiger partial charge in [-0.25, -0.2) is 0 Å². The number of rotatable bonds is 7. The van der Waals surface area contributed by atoms with Gasteiger partial charge >= 0.3 is 0 Å². The largest absolute Gasteiger partial charge is 0.305 e. The van der Waals surface area contributed by atoms with Crippen molar-refractivity contribution < 1.29 is 9.59 Å². The lowest BCUT2D eigenvalue weighted by Gasteiger charge is -2.47. The number of hydrogen-bond donors (Lipinski definition) is 2. The van der Waals surface area contributed by atoms with E-state index in [1.54, 1.807) is 12.1 Å². The lowest BCUT2D eigenvalue weighted by Crippen LogP contribution is -2.51. The molecule has 222 valence electrons. The molecule has 0 radical (unpaired) electrons. The Hall–Kier alpha value is -3.88. The fourth-order valence-electron chi connectivity index (χ4n) is 6.39. The fraction of sp³-hybridized carbons (Fsp3) is 0.515. The van der Waals surface area contributed by atoms with Crippen LogP contribution in [0.1, 0.15) is 108 Å². The number of aliphatic imine (C=N–C) groups is 1. The molecule has 9 heteroatoms. The lowest BCUT2D eigenvalue weighted by atomic mass is 9.69. The number of carbonyl (C=O) groups excluding carboxylic acids is 2. The number of anilines is 1. The van der Waals surface area contributed by atoms with Gasteiger partial charge in [0, 0.05) is 11.1 Å². The highest BCUT2D eigenvalue weighted by atomic mass is 16.2. The summed E-state index contributed by atoms with van der Waals surface area (Å²) in [5, 5.41) is 16.1. The molecule has 1 atom stereocenters. The van der Waals surface area contributed by atoms with Crippen LogP contribution in [0.3, 0.4) is 0 Å². The number of nitrogens with one attached hydrogen (secondary N) is 2. The van der Waals surface area contributed by atoms with Crippen molar-refractivity contribution in [3.05, 3.63) is 71.3 Å². The highest BCUT2D eigenvalue weighted by Crippen LogP contribution is 2.50. The van der Waals surface area contributed by atoms with Gasteiger partial charge in [-0.15, -0.1) is 5.10 Å². The van der Waals surface area contributed by atoms with Crippen LogP contribution in [0.4, 0.5) is 5.95 Å². The summed E-state index contributed by atoms with van der Waals surface area (Å²) in [7, 11) is 0. The molecule has 0 bridgehead atoms. The Morgan fingerprint density at radius 1 is 1.02 bits per heavy atom. The van der Waals surface area contributed by atoms with Crippen LogP contribution in [0.25, 0.3) is 0 Å². The van der Waals surface area contributed by atoms with Crippen LogP contribution in [-0.4, -0.2) is 48.7 Å². The molecule has 1 aliphatic heterocycles. The molecule has 1 aliphatic carbocycles. The van der Waals surface area contributed by atoms with Gasteiger partial charge in [-0.05, 0) is 78.2 Å². The Bertz CT molecular complexity index is 1410. The van der Waals surface area contributed by atoms with Crippen LogP contribution >= 0.6 is 0 Å². The molecule has 3 aromatic rings. The maximum absolute atomic E-state index is 14.5. The molecule has 2 heterocycles. The number of benzene rings is 2. The Morgan fingerprint density at radius 3 is 2.26 bits per heavy atom. The van der Waals surface area contributed by atoms with Crippen LogP contribution in [0.2, 0.25) is 0 Å². The second-order valence-electron chi connectivity index (χ2n) is 14.1. The second-order valence-corrected chi connectivity index (χ2v) is 14.1. The zero-order valence-corrected chi connectivity index (χ0v) is 25.6. The highest BCUT2D eigenvalue weighted by Gasteiger charge is 2.52. The first-order valence-electron chi connectivity index (χ1n) is 15.0. The van der Waals surface area contributed by atoms with Gasteiger partial charge in [-0.3, -0.25) is 19.9 Å². The molecule has 2 amide bonds. The van der Waals surface area contributed by atoms with Gasteiger partial charge in [0.25, 0.3) is 17.8 Å². The van der Waals surface area contributed by atoms with Crippen molar-refractivity contribution in [2.75, 3.05) is 5.32 Å². The molecular formula is C33H43N7O2. The SMILES string of the molecule is CC(C)(C)CC[C@H](c1ccc(C(=O)Nc2nn[nH]n2)cc1)N1C(=O)C(c2ccccc2)=NC12CCC(C(C)(C)C)CC2. The van der Waals surface area contributed by atoms with Crippen molar-refractivity contribution in [3.8, 4) is 0 Å². The summed E-state index contributed by atoms with van der Waals surface area (Å²) in [5.74, 6) is 0.376. The molecular weight excluding hydrogens is 526 g/mol. The minimum Gasteiger partial charge on any atom is -0.305 e. The second kappa shape index (κ2) is 11.4. The number of hydrogen-bond acceptors (Lipinski definition) is 6. The number of tetrazole rings is 1. The number of aromatic amines is 1. The lowest BCUT2D eigenvalue weighted by molar-refractivity contribution is -0.134. The standard InChI is InChI=1S/C33H43N7O2/c1-31(2,3)19-18-26(22-12-14-24(15-13-22)28(41)34-30-36-38-39-37-30)40-29(42)27(23-10-8-7-9-11-23)35-33(40)20-16-25(17-21-33)32(4,5)6/h7-15,25-26H,16-21H2,1-6H3,(H2,34,36,37,38,39,41)/t25?,26-,33?/m1/s1. The van der Waals surface area contributed by atoms with Crippen LogP contribution < -0.4 is 5.32 Å². The molecule has 0 unspecified atom stereocenters. The van der Waals surface area contributed by atoms with E-state index in [-0.39, 0.29) is 34.6 Å². The molecule has 42 heavy (non-hydrogen) atoms. The van der Waals surface area contributed by atoms with E-state index in [9.17, 15) is 9.59 Å². The Morgan fingerprint density at radius 2 is 1.69 bits per heavy atom. The molecule has 2 N–H and O–H groups in total. The van der Waals surface area contributed by atoms with Gasteiger partial charge in [0.05, 0.1) is 6.04 Å². The van der Waals surface area contributed by atoms with E-state index in [0.717, 1.165) is 49.7 Å². The zero-order chi connectivity index (χ0) is 30.1. The van der Waals surface area contributed by atoms with Crippen LogP contribution in [0.5, 0.6) is 0 Å². The maximum Gasteiger partial charge on any atom is 0.275 e. The normalized spacial score (nSPS) is 21.9. The average molecular weight is 570 g/mol. The molecule has 2 aromatic carbocycles. The van der Waals surface area contributed by atoms with Crippen LogP contribution in [0, 0.1) is 16.7 Å². The van der Waals surface area contributed by atoms with E-state index in [1.807, 2.05) is 42.5 Å². The number of amides is 2. The minimum absolute atomic E-state index is 0.00626. The molecule has 9 nitrogen and oxygen atoms in total. The summed E-state index contributed by atoms with van der Waals surface area (Å²) in [6, 6.07) is 17.2. The molecule has 2 aliphatic rings. The third kappa shape index (κ3) is 6.30. The Kier molecular flexibility index (Phi) is 8.05. The van der Waals surface area contributed by atoms with Crippen molar-refractivity contribution in [1.82, 2.24) is 25.5 Å². The highest BCUT2D eigenvalue weighted by molar-refractivity contribution is 6.46. The molecule has 1 fully saturated rings. The Balaban J connectivity index is 1.51. The predicted molar refractivity (Wildman–Crippen MR) is 164 cm³/mol. The zero-order valence-electron chi connectivity index (χ0n) is 25.6. The van der Waals surface area contributed by atoms with E-state index >= 15 is 0 Å². The van der Waals surface area contributed by atoms with E-state index in [0.29, 0.717) is 17.2 Å². The van der Waals surface area contributed by atoms with E-state index in [2.05, 4.69) is 72.4 Å². The van der Waals surface area contributed by atoms with E-state index < -0.39 is 5.66 Å². The Labute approximate surface area is 248 Å². The maximum atomic E-state index is 14.5. The summed E-state index contributed by atoms with van der Waals surface area (Å²) in [4.78, 5) is 34.7. The quantitative estimate of drug-likeness (QED) is 0.333. The topological polar surface area (TPSA) is 116 Å². The fourth-order valence-corrected chi connectivity index (χ4v) is 6.39. The first-order valence-corrected chi connectivity index (χ1v) is 15.0. The number of aromatic nitrogens is 4. The first kappa shape index (κ1) is 29.6. The van der Waals surface area contributed by atoms with Crippen LogP contribution in [-0.2, 0) is 4.79 Å². The van der Waals surface area contributed by atoms with Gasteiger partial charge in [-0.1, -0.05) is 89.1 Å². The van der Waals surface area contributed by atoms with E-state index in [4.69, 9.17) is 4.99 Å². The summed E-state index contributed by atoms with van der Waals surface area (Å²) in [5.41, 5.74) is 2.63. The van der Waals surface area contributed by atoms with Crippen LogP contribution in [0.15, 0.2) is 59.6 Å². The molecule has 1 saturated carbocycles. The van der Waals surface area contributed by atoms with Gasteiger partial charge in [0.1, 0.15) is 11.4 Å². The summed E-state index contributed by atoms with van der Waals surface area (Å²) < 4.78 is 0. The first-order chi connectivity index (χ1) is 19.9. The van der Waals surface area contributed by atoms with E-state index in [1.165, 1.54) is 0 Å². The monoisotopic (exact) mass is 569 g/mol. The van der Waals surface area contributed by atoms with Gasteiger partial charge in [-0.2, -0.15) is 5.21 Å². The molecule has 1 spiro atoms. The van der Waals surface area contributed by atoms with Crippen molar-refractivity contribution in [3.63, 3.8) is 0 Å². The molecule has 5 rings (SSSR count). The molecule has 0 saturated heterocycles. The molecule has 1 aromatic heterocycles. The average Bonchev–Trinajstić information content (AvgIpc) is 3.55. The third-order valence-corrected chi connectivity index (χ3v) is 8.86. The van der Waals surface area contributed by atoms with Crippen molar-refractivity contribution >= 4 is 23.5 Å². The van der Waals surface area contributed by atoms with Gasteiger partial charge in [0.15, 0.2) is 0 Å². The summed E-state index contributed by atoms with van der Waals surface area (Å²) in [6.45, 7) is 13.6. The van der Waals surface area contributed by atoms with Gasteiger partial charge < -0.3 is 4.90 Å².